The predicted molar refractivity (Wildman–Crippen MR) is 72.8 cm³/mol. The van der Waals surface area contributed by atoms with Crippen LogP contribution in [0.4, 0.5) is 0 Å². The van der Waals surface area contributed by atoms with Gasteiger partial charge in [-0.2, -0.15) is 0 Å². The molecule has 1 unspecified atom stereocenters. The lowest BCUT2D eigenvalue weighted by atomic mass is 10.1. The number of hydrogen-bond donors (Lipinski definition) is 1. The van der Waals surface area contributed by atoms with Gasteiger partial charge in [-0.25, -0.2) is 0 Å². The number of carbonyl (C=O) groups is 1. The first kappa shape index (κ1) is 14.6. The Labute approximate surface area is 109 Å². The molecule has 0 aliphatic rings. The topological polar surface area (TPSA) is 59.2 Å². The van der Waals surface area contributed by atoms with Gasteiger partial charge in [0, 0.05) is 25.2 Å². The molecule has 2 N–H and O–H groups in total. The molecule has 18 heavy (non-hydrogen) atoms. The van der Waals surface area contributed by atoms with Crippen molar-refractivity contribution in [3.8, 4) is 0 Å². The van der Waals surface area contributed by atoms with E-state index in [-0.39, 0.29) is 11.9 Å². The second-order valence-corrected chi connectivity index (χ2v) is 4.60. The van der Waals surface area contributed by atoms with Crippen molar-refractivity contribution < 1.29 is 4.79 Å². The van der Waals surface area contributed by atoms with Crippen molar-refractivity contribution in [2.24, 2.45) is 5.73 Å². The normalized spacial score (nSPS) is 12.2. The van der Waals surface area contributed by atoms with Gasteiger partial charge in [0.05, 0.1) is 12.2 Å². The monoisotopic (exact) mass is 249 g/mol. The highest BCUT2D eigenvalue weighted by atomic mass is 16.2. The molecule has 1 atom stereocenters. The standard InChI is InChI=1S/C14H23N3O/c1-3-17(11-13-8-4-5-10-16-13)14(18)9-6-7-12(2)15/h4-5,8,10,12H,3,6-7,9,11,15H2,1-2H3. The molecule has 0 saturated carbocycles. The molecule has 0 fully saturated rings. The summed E-state index contributed by atoms with van der Waals surface area (Å²) in [4.78, 5) is 18.1. The molecule has 0 spiro atoms. The number of aromatic nitrogens is 1. The number of rotatable bonds is 7. The number of nitrogens with zero attached hydrogens (tertiary/aromatic N) is 2. The Balaban J connectivity index is 2.43. The Morgan fingerprint density at radius 1 is 1.50 bits per heavy atom. The quantitative estimate of drug-likeness (QED) is 0.803. The lowest BCUT2D eigenvalue weighted by Gasteiger charge is -2.20. The van der Waals surface area contributed by atoms with Gasteiger partial charge in [-0.15, -0.1) is 0 Å². The average Bonchev–Trinajstić information content (AvgIpc) is 2.36. The third-order valence-electron chi connectivity index (χ3n) is 2.86. The average molecular weight is 249 g/mol. The van der Waals surface area contributed by atoms with Gasteiger partial charge < -0.3 is 10.6 Å². The van der Waals surface area contributed by atoms with Crippen LogP contribution in [0.1, 0.15) is 38.8 Å². The van der Waals surface area contributed by atoms with Crippen molar-refractivity contribution in [2.45, 2.75) is 45.7 Å². The van der Waals surface area contributed by atoms with Crippen LogP contribution in [-0.2, 0) is 11.3 Å². The zero-order chi connectivity index (χ0) is 13.4. The smallest absolute Gasteiger partial charge is 0.222 e. The predicted octanol–water partition coefficient (Wildman–Crippen LogP) is 1.95. The minimum Gasteiger partial charge on any atom is -0.337 e. The third-order valence-corrected chi connectivity index (χ3v) is 2.86. The van der Waals surface area contributed by atoms with E-state index in [0.29, 0.717) is 19.5 Å². The van der Waals surface area contributed by atoms with Crippen LogP contribution in [0.2, 0.25) is 0 Å². The molecule has 1 aromatic heterocycles. The summed E-state index contributed by atoms with van der Waals surface area (Å²) in [6.45, 7) is 5.27. The summed E-state index contributed by atoms with van der Waals surface area (Å²) in [6.07, 6.45) is 4.08. The molecule has 0 aromatic carbocycles. The van der Waals surface area contributed by atoms with Crippen LogP contribution in [-0.4, -0.2) is 28.4 Å². The highest BCUT2D eigenvalue weighted by Gasteiger charge is 2.12. The Bertz CT molecular complexity index is 351. The van der Waals surface area contributed by atoms with E-state index in [1.165, 1.54) is 0 Å². The Morgan fingerprint density at radius 3 is 2.83 bits per heavy atom. The summed E-state index contributed by atoms with van der Waals surface area (Å²) >= 11 is 0. The van der Waals surface area contributed by atoms with Crippen LogP contribution in [0, 0.1) is 0 Å². The Kier molecular flexibility index (Phi) is 6.36. The second-order valence-electron chi connectivity index (χ2n) is 4.60. The summed E-state index contributed by atoms with van der Waals surface area (Å²) in [5.41, 5.74) is 6.61. The van der Waals surface area contributed by atoms with Gasteiger partial charge in [0.2, 0.25) is 5.91 Å². The van der Waals surface area contributed by atoms with E-state index in [0.717, 1.165) is 18.5 Å². The van der Waals surface area contributed by atoms with E-state index < -0.39 is 0 Å². The molecule has 1 heterocycles. The third kappa shape index (κ3) is 5.27. The fourth-order valence-electron chi connectivity index (χ4n) is 1.80. The maximum atomic E-state index is 12.0. The van der Waals surface area contributed by atoms with Gasteiger partial charge in [-0.05, 0) is 38.8 Å². The molecular weight excluding hydrogens is 226 g/mol. The Hall–Kier alpha value is -1.42. The molecule has 100 valence electrons. The molecule has 4 heteroatoms. The van der Waals surface area contributed by atoms with E-state index in [4.69, 9.17) is 5.73 Å². The number of nitrogens with two attached hydrogens (primary N) is 1. The first-order chi connectivity index (χ1) is 8.63. The first-order valence-electron chi connectivity index (χ1n) is 6.56. The lowest BCUT2D eigenvalue weighted by molar-refractivity contribution is -0.131. The van der Waals surface area contributed by atoms with Gasteiger partial charge in [0.25, 0.3) is 0 Å². The molecule has 0 radical (unpaired) electrons. The number of pyridine rings is 1. The maximum absolute atomic E-state index is 12.0. The summed E-state index contributed by atoms with van der Waals surface area (Å²) in [5, 5.41) is 0. The fourth-order valence-corrected chi connectivity index (χ4v) is 1.80. The molecule has 1 rings (SSSR count). The van der Waals surface area contributed by atoms with Crippen LogP contribution >= 0.6 is 0 Å². The largest absolute Gasteiger partial charge is 0.337 e. The van der Waals surface area contributed by atoms with Crippen LogP contribution in [0.3, 0.4) is 0 Å². The van der Waals surface area contributed by atoms with Crippen molar-refractivity contribution in [3.05, 3.63) is 30.1 Å². The van der Waals surface area contributed by atoms with Gasteiger partial charge in [-0.3, -0.25) is 9.78 Å². The van der Waals surface area contributed by atoms with Gasteiger partial charge in [0.15, 0.2) is 0 Å². The SMILES string of the molecule is CCN(Cc1ccccn1)C(=O)CCCC(C)N. The van der Waals surface area contributed by atoms with Crippen molar-refractivity contribution in [2.75, 3.05) is 6.54 Å². The Morgan fingerprint density at radius 2 is 2.28 bits per heavy atom. The summed E-state index contributed by atoms with van der Waals surface area (Å²) in [7, 11) is 0. The minimum atomic E-state index is 0.170. The van der Waals surface area contributed by atoms with Gasteiger partial charge in [-0.1, -0.05) is 6.07 Å². The zero-order valence-corrected chi connectivity index (χ0v) is 11.3. The van der Waals surface area contributed by atoms with E-state index in [2.05, 4.69) is 4.98 Å². The lowest BCUT2D eigenvalue weighted by Crippen LogP contribution is -2.30. The van der Waals surface area contributed by atoms with Crippen molar-refractivity contribution in [3.63, 3.8) is 0 Å². The number of hydrogen-bond acceptors (Lipinski definition) is 3. The van der Waals surface area contributed by atoms with E-state index in [9.17, 15) is 4.79 Å². The highest BCUT2D eigenvalue weighted by molar-refractivity contribution is 5.76. The number of amides is 1. The molecule has 0 bridgehead atoms. The fraction of sp³-hybridized carbons (Fsp3) is 0.571. The molecule has 4 nitrogen and oxygen atoms in total. The van der Waals surface area contributed by atoms with Gasteiger partial charge in [0.1, 0.15) is 0 Å². The maximum Gasteiger partial charge on any atom is 0.222 e. The second kappa shape index (κ2) is 7.82. The zero-order valence-electron chi connectivity index (χ0n) is 11.3. The van der Waals surface area contributed by atoms with Crippen LogP contribution in [0.15, 0.2) is 24.4 Å². The van der Waals surface area contributed by atoms with Crippen LogP contribution in [0.25, 0.3) is 0 Å². The molecule has 1 aromatic rings. The molecular formula is C14H23N3O. The van der Waals surface area contributed by atoms with Crippen molar-refractivity contribution in [1.29, 1.82) is 0 Å². The van der Waals surface area contributed by atoms with Crippen LogP contribution in [0.5, 0.6) is 0 Å². The minimum absolute atomic E-state index is 0.170. The summed E-state index contributed by atoms with van der Waals surface area (Å²) in [6, 6.07) is 5.93. The first-order valence-corrected chi connectivity index (χ1v) is 6.56. The molecule has 0 saturated heterocycles. The van der Waals surface area contributed by atoms with E-state index >= 15 is 0 Å². The van der Waals surface area contributed by atoms with Crippen LogP contribution < -0.4 is 5.73 Å². The van der Waals surface area contributed by atoms with E-state index in [1.807, 2.05) is 36.9 Å². The number of carbonyl (C=O) groups excluding carboxylic acids is 1. The molecule has 0 aliphatic heterocycles. The summed E-state index contributed by atoms with van der Waals surface area (Å²) < 4.78 is 0. The van der Waals surface area contributed by atoms with E-state index in [1.54, 1.807) is 6.20 Å². The summed E-state index contributed by atoms with van der Waals surface area (Å²) in [5.74, 6) is 0.184. The molecule has 0 aliphatic carbocycles. The molecule has 1 amide bonds. The van der Waals surface area contributed by atoms with Gasteiger partial charge >= 0.3 is 0 Å². The highest BCUT2D eigenvalue weighted by Crippen LogP contribution is 2.06. The van der Waals surface area contributed by atoms with Crippen molar-refractivity contribution >= 4 is 5.91 Å². The van der Waals surface area contributed by atoms with Crippen molar-refractivity contribution in [1.82, 2.24) is 9.88 Å².